The summed E-state index contributed by atoms with van der Waals surface area (Å²) < 4.78 is 0. The number of piperidine rings is 1. The molecule has 1 amide bonds. The first kappa shape index (κ1) is 12.5. The molecule has 0 bridgehead atoms. The van der Waals surface area contributed by atoms with Crippen LogP contribution in [0.3, 0.4) is 0 Å². The zero-order valence-corrected chi connectivity index (χ0v) is 10.0. The van der Waals surface area contributed by atoms with Gasteiger partial charge in [0.2, 0.25) is 5.91 Å². The minimum atomic E-state index is -0.403. The second-order valence-electron chi connectivity index (χ2n) is 5.12. The molecule has 1 unspecified atom stereocenters. The number of nitrogens with two attached hydrogens (primary N) is 1. The lowest BCUT2D eigenvalue weighted by molar-refractivity contribution is -0.122. The molecule has 0 aliphatic carbocycles. The highest BCUT2D eigenvalue weighted by molar-refractivity contribution is 5.80. The Labute approximate surface area is 92.2 Å². The number of nitrogens with one attached hydrogen (secondary N) is 1. The zero-order chi connectivity index (χ0) is 11.5. The first-order valence-corrected chi connectivity index (χ1v) is 5.65. The van der Waals surface area contributed by atoms with Crippen LogP contribution in [0.25, 0.3) is 0 Å². The minimum Gasteiger partial charge on any atom is -0.354 e. The third kappa shape index (κ3) is 3.80. The summed E-state index contributed by atoms with van der Waals surface area (Å²) >= 11 is 0. The predicted molar refractivity (Wildman–Crippen MR) is 61.5 cm³/mol. The van der Waals surface area contributed by atoms with Crippen LogP contribution in [0, 0.1) is 5.41 Å². The number of carbonyl (C=O) groups is 1. The van der Waals surface area contributed by atoms with Crippen LogP contribution in [0.5, 0.6) is 0 Å². The number of likely N-dealkylation sites (tertiary alicyclic amines) is 1. The molecule has 88 valence electrons. The molecule has 1 saturated heterocycles. The van der Waals surface area contributed by atoms with E-state index in [-0.39, 0.29) is 11.3 Å². The Bertz CT molecular complexity index is 220. The van der Waals surface area contributed by atoms with Crippen LogP contribution in [0.15, 0.2) is 0 Å². The van der Waals surface area contributed by atoms with Gasteiger partial charge in [-0.15, -0.1) is 0 Å². The van der Waals surface area contributed by atoms with Gasteiger partial charge in [-0.2, -0.15) is 0 Å². The van der Waals surface area contributed by atoms with Gasteiger partial charge in [-0.1, -0.05) is 6.92 Å². The Morgan fingerprint density at radius 1 is 1.53 bits per heavy atom. The van der Waals surface area contributed by atoms with Crippen LogP contribution >= 0.6 is 0 Å². The van der Waals surface area contributed by atoms with Gasteiger partial charge in [0.15, 0.2) is 0 Å². The van der Waals surface area contributed by atoms with E-state index in [1.54, 1.807) is 6.92 Å². The number of hydrogen-bond acceptors (Lipinski definition) is 3. The normalized spacial score (nSPS) is 23.5. The van der Waals surface area contributed by atoms with Gasteiger partial charge in [0.25, 0.3) is 0 Å². The molecule has 1 rings (SSSR count). The molecule has 4 heteroatoms. The van der Waals surface area contributed by atoms with Crippen molar-refractivity contribution in [3.8, 4) is 0 Å². The summed E-state index contributed by atoms with van der Waals surface area (Å²) in [6, 6.07) is -0.403. The highest BCUT2D eigenvalue weighted by atomic mass is 16.2. The molecule has 0 saturated carbocycles. The third-order valence-electron chi connectivity index (χ3n) is 3.30. The highest BCUT2D eigenvalue weighted by Gasteiger charge is 2.29. The van der Waals surface area contributed by atoms with Crippen molar-refractivity contribution in [2.75, 3.05) is 26.7 Å². The predicted octanol–water partition coefficient (Wildman–Crippen LogP) is 0.182. The molecule has 0 spiro atoms. The third-order valence-corrected chi connectivity index (χ3v) is 3.30. The molecular weight excluding hydrogens is 190 g/mol. The molecule has 0 aromatic rings. The second kappa shape index (κ2) is 4.94. The van der Waals surface area contributed by atoms with Crippen LogP contribution in [0.1, 0.15) is 26.7 Å². The van der Waals surface area contributed by atoms with Gasteiger partial charge >= 0.3 is 0 Å². The molecule has 0 radical (unpaired) electrons. The van der Waals surface area contributed by atoms with Crippen molar-refractivity contribution >= 4 is 5.91 Å². The Morgan fingerprint density at radius 2 is 2.07 bits per heavy atom. The molecule has 1 atom stereocenters. The largest absolute Gasteiger partial charge is 0.354 e. The van der Waals surface area contributed by atoms with Crippen molar-refractivity contribution in [1.29, 1.82) is 0 Å². The average Bonchev–Trinajstić information content (AvgIpc) is 2.19. The fourth-order valence-electron chi connectivity index (χ4n) is 1.80. The molecule has 1 fully saturated rings. The summed E-state index contributed by atoms with van der Waals surface area (Å²) in [5.74, 6) is -0.0462. The summed E-state index contributed by atoms with van der Waals surface area (Å²) in [6.45, 7) is 6.93. The molecule has 0 aromatic heterocycles. The van der Waals surface area contributed by atoms with Crippen LogP contribution in [0.4, 0.5) is 0 Å². The summed E-state index contributed by atoms with van der Waals surface area (Å²) in [6.07, 6.45) is 2.28. The lowest BCUT2D eigenvalue weighted by Crippen LogP contribution is -2.46. The van der Waals surface area contributed by atoms with Crippen LogP contribution < -0.4 is 11.1 Å². The van der Waals surface area contributed by atoms with Gasteiger partial charge in [0.1, 0.15) is 0 Å². The van der Waals surface area contributed by atoms with E-state index in [0.29, 0.717) is 0 Å². The van der Waals surface area contributed by atoms with Crippen LogP contribution in [-0.2, 0) is 4.79 Å². The fraction of sp³-hybridized carbons (Fsp3) is 0.909. The molecule has 3 N–H and O–H groups in total. The van der Waals surface area contributed by atoms with Crippen LogP contribution in [-0.4, -0.2) is 43.5 Å². The van der Waals surface area contributed by atoms with E-state index in [1.807, 2.05) is 0 Å². The lowest BCUT2D eigenvalue weighted by Gasteiger charge is -2.38. The van der Waals surface area contributed by atoms with Crippen molar-refractivity contribution in [3.05, 3.63) is 0 Å². The van der Waals surface area contributed by atoms with Gasteiger partial charge in [-0.05, 0) is 45.3 Å². The van der Waals surface area contributed by atoms with Crippen molar-refractivity contribution in [2.24, 2.45) is 11.1 Å². The highest BCUT2D eigenvalue weighted by Crippen LogP contribution is 2.29. The number of carbonyl (C=O) groups excluding carboxylic acids is 1. The average molecular weight is 213 g/mol. The van der Waals surface area contributed by atoms with E-state index >= 15 is 0 Å². The maximum atomic E-state index is 11.3. The molecule has 0 aromatic carbocycles. The zero-order valence-electron chi connectivity index (χ0n) is 10.0. The van der Waals surface area contributed by atoms with E-state index in [9.17, 15) is 4.79 Å². The summed E-state index contributed by atoms with van der Waals surface area (Å²) in [5, 5.41) is 2.92. The quantitative estimate of drug-likeness (QED) is 0.703. The fourth-order valence-corrected chi connectivity index (χ4v) is 1.80. The van der Waals surface area contributed by atoms with Gasteiger partial charge < -0.3 is 16.0 Å². The Kier molecular flexibility index (Phi) is 4.11. The molecule has 1 heterocycles. The summed E-state index contributed by atoms with van der Waals surface area (Å²) in [5.41, 5.74) is 5.74. The van der Waals surface area contributed by atoms with E-state index in [4.69, 9.17) is 5.73 Å². The summed E-state index contributed by atoms with van der Waals surface area (Å²) in [7, 11) is 2.14. The Morgan fingerprint density at radius 3 is 2.53 bits per heavy atom. The number of rotatable bonds is 3. The van der Waals surface area contributed by atoms with Crippen molar-refractivity contribution in [3.63, 3.8) is 0 Å². The maximum Gasteiger partial charge on any atom is 0.236 e. The maximum absolute atomic E-state index is 11.3. The van der Waals surface area contributed by atoms with E-state index in [2.05, 4.69) is 24.2 Å². The van der Waals surface area contributed by atoms with Crippen LogP contribution in [0.2, 0.25) is 0 Å². The topological polar surface area (TPSA) is 58.4 Å². The lowest BCUT2D eigenvalue weighted by atomic mass is 9.80. The van der Waals surface area contributed by atoms with Gasteiger partial charge in [0, 0.05) is 6.54 Å². The first-order valence-electron chi connectivity index (χ1n) is 5.65. The Balaban J connectivity index is 2.34. The monoisotopic (exact) mass is 213 g/mol. The SMILES string of the molecule is CC(N)C(=O)NCC1(C)CCN(C)CC1. The van der Waals surface area contributed by atoms with E-state index in [1.165, 1.54) is 0 Å². The summed E-state index contributed by atoms with van der Waals surface area (Å²) in [4.78, 5) is 13.7. The molecule has 15 heavy (non-hydrogen) atoms. The molecule has 1 aliphatic heterocycles. The number of hydrogen-bond donors (Lipinski definition) is 2. The number of nitrogens with zero attached hydrogens (tertiary/aromatic N) is 1. The van der Waals surface area contributed by atoms with Crippen molar-refractivity contribution in [2.45, 2.75) is 32.7 Å². The molecular formula is C11H23N3O. The second-order valence-corrected chi connectivity index (χ2v) is 5.12. The molecule has 1 aliphatic rings. The van der Waals surface area contributed by atoms with Gasteiger partial charge in [0.05, 0.1) is 6.04 Å². The van der Waals surface area contributed by atoms with Gasteiger partial charge in [-0.25, -0.2) is 0 Å². The van der Waals surface area contributed by atoms with Gasteiger partial charge in [-0.3, -0.25) is 4.79 Å². The smallest absolute Gasteiger partial charge is 0.236 e. The van der Waals surface area contributed by atoms with E-state index < -0.39 is 6.04 Å². The molecule has 4 nitrogen and oxygen atoms in total. The van der Waals surface area contributed by atoms with E-state index in [0.717, 1.165) is 32.5 Å². The first-order chi connectivity index (χ1) is 6.93. The standard InChI is InChI=1S/C11H23N3O/c1-9(12)10(15)13-8-11(2)4-6-14(3)7-5-11/h9H,4-8,12H2,1-3H3,(H,13,15). The van der Waals surface area contributed by atoms with Crippen molar-refractivity contribution in [1.82, 2.24) is 10.2 Å². The number of amides is 1. The van der Waals surface area contributed by atoms with Crippen molar-refractivity contribution < 1.29 is 4.79 Å². The minimum absolute atomic E-state index is 0.0462. The Hall–Kier alpha value is -0.610.